The van der Waals surface area contributed by atoms with Gasteiger partial charge in [-0.15, -0.1) is 0 Å². The Hall–Kier alpha value is -3.24. The van der Waals surface area contributed by atoms with Crippen LogP contribution in [0.4, 0.5) is 16.4 Å². The molecule has 0 saturated carbocycles. The Morgan fingerprint density at radius 1 is 1.22 bits per heavy atom. The van der Waals surface area contributed by atoms with Gasteiger partial charge in [0.25, 0.3) is 17.4 Å². The van der Waals surface area contributed by atoms with Crippen LogP contribution in [0.2, 0.25) is 10.0 Å². The number of nitrogens with zero attached hydrogens (tertiary/aromatic N) is 2. The smallest absolute Gasteiger partial charge is 0.319 e. The van der Waals surface area contributed by atoms with E-state index in [1.807, 2.05) is 5.32 Å². The summed E-state index contributed by atoms with van der Waals surface area (Å²) in [6.45, 7) is 0. The molecule has 3 rings (SSSR count). The summed E-state index contributed by atoms with van der Waals surface area (Å²) in [7, 11) is 0. The van der Waals surface area contributed by atoms with E-state index in [1.165, 1.54) is 6.07 Å². The molecule has 12 heteroatoms. The molecule has 1 aliphatic heterocycles. The summed E-state index contributed by atoms with van der Waals surface area (Å²) < 4.78 is 0. The predicted molar refractivity (Wildman–Crippen MR) is 96.1 cm³/mol. The Morgan fingerprint density at radius 3 is 2.63 bits per heavy atom. The molecule has 0 bridgehead atoms. The summed E-state index contributed by atoms with van der Waals surface area (Å²) >= 11 is 11.9. The molecule has 1 aliphatic rings. The first kappa shape index (κ1) is 18.5. The van der Waals surface area contributed by atoms with Gasteiger partial charge in [-0.3, -0.25) is 24.7 Å². The van der Waals surface area contributed by atoms with E-state index in [1.54, 1.807) is 12.1 Å². The lowest BCUT2D eigenvalue weighted by atomic mass is 10.1. The summed E-state index contributed by atoms with van der Waals surface area (Å²) in [4.78, 5) is 57.3. The number of nitrogens with two attached hydrogens (primary N) is 1. The van der Waals surface area contributed by atoms with E-state index in [0.717, 1.165) is 0 Å². The molecule has 27 heavy (non-hydrogen) atoms. The van der Waals surface area contributed by atoms with Crippen LogP contribution in [-0.2, 0) is 9.59 Å². The normalized spacial score (nSPS) is 12.8. The Labute approximate surface area is 160 Å². The first-order chi connectivity index (χ1) is 12.7. The van der Waals surface area contributed by atoms with Crippen molar-refractivity contribution in [2.75, 3.05) is 5.32 Å². The van der Waals surface area contributed by atoms with Crippen molar-refractivity contribution in [2.45, 2.75) is 6.42 Å². The summed E-state index contributed by atoms with van der Waals surface area (Å²) in [6.07, 6.45) is -0.466. The third-order valence-electron chi connectivity index (χ3n) is 3.46. The van der Waals surface area contributed by atoms with Gasteiger partial charge in [-0.2, -0.15) is 9.98 Å². The Morgan fingerprint density at radius 2 is 1.96 bits per heavy atom. The maximum absolute atomic E-state index is 12.4. The van der Waals surface area contributed by atoms with Crippen molar-refractivity contribution in [1.29, 1.82) is 0 Å². The third kappa shape index (κ3) is 3.96. The second kappa shape index (κ2) is 7.17. The molecule has 0 atom stereocenters. The van der Waals surface area contributed by atoms with Crippen LogP contribution in [0.25, 0.3) is 5.57 Å². The fourth-order valence-corrected chi connectivity index (χ4v) is 2.83. The summed E-state index contributed by atoms with van der Waals surface area (Å²) in [5.74, 6) is -1.73. The second-order valence-corrected chi connectivity index (χ2v) is 6.19. The van der Waals surface area contributed by atoms with Gasteiger partial charge >= 0.3 is 6.03 Å². The zero-order chi connectivity index (χ0) is 19.7. The number of carbonyl (C=O) groups is 3. The monoisotopic (exact) mass is 408 g/mol. The number of hydrogen-bond donors (Lipinski definition) is 4. The van der Waals surface area contributed by atoms with Crippen molar-refractivity contribution >= 4 is 58.3 Å². The summed E-state index contributed by atoms with van der Waals surface area (Å²) in [6, 6.07) is 3.49. The van der Waals surface area contributed by atoms with E-state index in [9.17, 15) is 19.2 Å². The van der Waals surface area contributed by atoms with E-state index in [2.05, 4.69) is 20.3 Å². The number of imide groups is 1. The van der Waals surface area contributed by atoms with Crippen molar-refractivity contribution in [2.24, 2.45) is 10.7 Å². The van der Waals surface area contributed by atoms with Crippen LogP contribution < -0.4 is 32.6 Å². The lowest BCUT2D eigenvalue weighted by Crippen LogP contribution is -2.51. The van der Waals surface area contributed by atoms with Crippen LogP contribution in [-0.4, -0.2) is 27.8 Å². The van der Waals surface area contributed by atoms with Gasteiger partial charge in [0.05, 0.1) is 22.3 Å². The molecule has 1 aromatic heterocycles. The van der Waals surface area contributed by atoms with Gasteiger partial charge in [0.15, 0.2) is 5.49 Å². The van der Waals surface area contributed by atoms with Crippen LogP contribution in [0.3, 0.4) is 0 Å². The number of nitrogens with one attached hydrogen (secondary N) is 3. The molecule has 10 nitrogen and oxygen atoms in total. The van der Waals surface area contributed by atoms with Crippen molar-refractivity contribution in [1.82, 2.24) is 15.3 Å². The molecule has 4 amide bonds. The van der Waals surface area contributed by atoms with E-state index >= 15 is 0 Å². The summed E-state index contributed by atoms with van der Waals surface area (Å²) in [5, 5.41) is 5.04. The molecule has 0 fully saturated rings. The molecule has 0 spiro atoms. The zero-order valence-corrected chi connectivity index (χ0v) is 14.8. The number of fused-ring (bicyclic) bond motifs is 1. The highest BCUT2D eigenvalue weighted by Crippen LogP contribution is 2.26. The van der Waals surface area contributed by atoms with Crippen LogP contribution in [0.5, 0.6) is 0 Å². The number of H-pyrrole nitrogens is 1. The third-order valence-corrected chi connectivity index (χ3v) is 4.00. The standard InChI is InChI=1S/C15H10Cl2N6O4/c16-5-1-2-8(7(17)3-5)19-15-21-11-10(13(26)23-15)6(4-9(24)20-11)12(25)22-14(18)27/h1-3H,4H2,(H3,18,22,25,27)(H2,19,20,21,23,24,26). The van der Waals surface area contributed by atoms with Crippen LogP contribution in [0.1, 0.15) is 6.42 Å². The maximum atomic E-state index is 12.4. The minimum atomic E-state index is -1.12. The highest BCUT2D eigenvalue weighted by Gasteiger charge is 2.23. The van der Waals surface area contributed by atoms with Gasteiger partial charge in [0.1, 0.15) is 0 Å². The van der Waals surface area contributed by atoms with Gasteiger partial charge in [-0.1, -0.05) is 23.2 Å². The lowest BCUT2D eigenvalue weighted by Gasteiger charge is -2.10. The molecule has 0 unspecified atom stereocenters. The van der Waals surface area contributed by atoms with Gasteiger partial charge in [-0.25, -0.2) is 4.79 Å². The highest BCUT2D eigenvalue weighted by molar-refractivity contribution is 6.36. The number of anilines is 2. The van der Waals surface area contributed by atoms with Gasteiger partial charge in [0.2, 0.25) is 5.95 Å². The zero-order valence-electron chi connectivity index (χ0n) is 13.3. The Balaban J connectivity index is 2.12. The number of halogens is 2. The highest BCUT2D eigenvalue weighted by atomic mass is 35.5. The quantitative estimate of drug-likeness (QED) is 0.545. The van der Waals surface area contributed by atoms with Crippen LogP contribution in [0.15, 0.2) is 28.0 Å². The lowest BCUT2D eigenvalue weighted by molar-refractivity contribution is -0.119. The number of hydrogen-bond acceptors (Lipinski definition) is 6. The van der Waals surface area contributed by atoms with Crippen molar-refractivity contribution in [3.63, 3.8) is 0 Å². The molecule has 0 saturated heterocycles. The molecule has 138 valence electrons. The fourth-order valence-electron chi connectivity index (χ4n) is 2.37. The van der Waals surface area contributed by atoms with Gasteiger partial charge in [0, 0.05) is 10.6 Å². The number of rotatable bonds is 3. The molecule has 2 aromatic rings. The number of urea groups is 1. The first-order valence-electron chi connectivity index (χ1n) is 7.32. The number of carbonyl (C=O) groups excluding carboxylic acids is 3. The van der Waals surface area contributed by atoms with E-state index in [4.69, 9.17) is 28.9 Å². The molecular weight excluding hydrogens is 399 g/mol. The molecule has 2 heterocycles. The minimum absolute atomic E-state index is 0.0592. The predicted octanol–water partition coefficient (Wildman–Crippen LogP) is -0.284. The first-order valence-corrected chi connectivity index (χ1v) is 8.08. The Bertz CT molecular complexity index is 1170. The molecule has 0 radical (unpaired) electrons. The average molecular weight is 409 g/mol. The SMILES string of the molecule is NC(=O)NC(=O)C1=c2c(nc(Nc3ccc(Cl)cc3Cl)[nH]c2=O)=NC(=O)C1. The van der Waals surface area contributed by atoms with Crippen molar-refractivity contribution in [3.8, 4) is 0 Å². The van der Waals surface area contributed by atoms with E-state index in [0.29, 0.717) is 10.7 Å². The number of benzene rings is 1. The topological polar surface area (TPSA) is 159 Å². The Kier molecular flexibility index (Phi) is 4.93. The fraction of sp³-hybridized carbons (Fsp3) is 0.0667. The van der Waals surface area contributed by atoms with E-state index < -0.39 is 29.8 Å². The minimum Gasteiger partial charge on any atom is -0.351 e. The van der Waals surface area contributed by atoms with Crippen LogP contribution in [0, 0.1) is 0 Å². The maximum Gasteiger partial charge on any atom is 0.319 e. The number of aromatic amines is 1. The molecule has 5 N–H and O–H groups in total. The van der Waals surface area contributed by atoms with Crippen LogP contribution >= 0.6 is 23.2 Å². The molecule has 1 aromatic carbocycles. The molecular formula is C15H10Cl2N6O4. The largest absolute Gasteiger partial charge is 0.351 e. The number of amides is 4. The van der Waals surface area contributed by atoms with Crippen molar-refractivity contribution < 1.29 is 14.4 Å². The van der Waals surface area contributed by atoms with Gasteiger partial charge in [-0.05, 0) is 18.2 Å². The molecule has 0 aliphatic carbocycles. The second-order valence-electron chi connectivity index (χ2n) is 5.34. The summed E-state index contributed by atoms with van der Waals surface area (Å²) in [5.41, 5.74) is 4.03. The average Bonchev–Trinajstić information content (AvgIpc) is 2.55. The van der Waals surface area contributed by atoms with Gasteiger partial charge < -0.3 is 11.1 Å². The van der Waals surface area contributed by atoms with E-state index in [-0.39, 0.29) is 27.3 Å². The number of primary amides is 1. The number of aromatic nitrogens is 2. The van der Waals surface area contributed by atoms with Crippen molar-refractivity contribution in [3.05, 3.63) is 49.3 Å².